The molecule has 1 aliphatic heterocycles. The number of ether oxygens (including phenoxy) is 2. The Balaban J connectivity index is 1.87. The molecule has 2 N–H and O–H groups in total. The van der Waals surface area contributed by atoms with Gasteiger partial charge < -0.3 is 20.1 Å². The molecule has 0 aliphatic carbocycles. The van der Waals surface area contributed by atoms with E-state index in [1.807, 2.05) is 24.3 Å². The summed E-state index contributed by atoms with van der Waals surface area (Å²) in [6, 6.07) is 7.50. The highest BCUT2D eigenvalue weighted by Gasteiger charge is 2.26. The molecule has 1 heterocycles. The lowest BCUT2D eigenvalue weighted by Crippen LogP contribution is -2.34. The summed E-state index contributed by atoms with van der Waals surface area (Å²) in [5.74, 6) is 0.673. The van der Waals surface area contributed by atoms with Crippen LogP contribution < -0.4 is 10.5 Å². The van der Waals surface area contributed by atoms with Gasteiger partial charge in [-0.2, -0.15) is 0 Å². The Bertz CT molecular complexity index is 436. The van der Waals surface area contributed by atoms with Crippen LogP contribution in [0.15, 0.2) is 24.3 Å². The highest BCUT2D eigenvalue weighted by Crippen LogP contribution is 2.18. The van der Waals surface area contributed by atoms with Gasteiger partial charge in [-0.1, -0.05) is 18.2 Å². The maximum atomic E-state index is 12.0. The van der Waals surface area contributed by atoms with E-state index in [4.69, 9.17) is 15.2 Å². The minimum absolute atomic E-state index is 0.00799. The molecule has 0 spiro atoms. The van der Waals surface area contributed by atoms with E-state index in [0.29, 0.717) is 18.8 Å². The van der Waals surface area contributed by atoms with Gasteiger partial charge in [0.05, 0.1) is 6.10 Å². The average molecular weight is 264 g/mol. The molecular formula is C14H20N2O3. The largest absolute Gasteiger partial charge is 0.483 e. The van der Waals surface area contributed by atoms with Gasteiger partial charge in [-0.3, -0.25) is 4.79 Å². The second-order valence-corrected chi connectivity index (χ2v) is 4.59. The van der Waals surface area contributed by atoms with Crippen LogP contribution in [0.2, 0.25) is 0 Å². The van der Waals surface area contributed by atoms with E-state index in [0.717, 1.165) is 18.5 Å². The molecule has 5 nitrogen and oxygen atoms in total. The molecular weight excluding hydrogens is 244 g/mol. The van der Waals surface area contributed by atoms with Gasteiger partial charge >= 0.3 is 0 Å². The van der Waals surface area contributed by atoms with Crippen LogP contribution in [0, 0.1) is 0 Å². The fourth-order valence-electron chi connectivity index (χ4n) is 2.19. The molecule has 2 rings (SSSR count). The van der Waals surface area contributed by atoms with Gasteiger partial charge in [0.25, 0.3) is 5.91 Å². The number of nitrogens with two attached hydrogens (primary N) is 1. The second-order valence-electron chi connectivity index (χ2n) is 4.59. The minimum atomic E-state index is -0.00799. The first-order chi connectivity index (χ1) is 9.24. The van der Waals surface area contributed by atoms with E-state index in [1.165, 1.54) is 0 Å². The molecule has 19 heavy (non-hydrogen) atoms. The highest BCUT2D eigenvalue weighted by molar-refractivity contribution is 5.78. The minimum Gasteiger partial charge on any atom is -0.483 e. The average Bonchev–Trinajstić information content (AvgIpc) is 2.94. The lowest BCUT2D eigenvalue weighted by molar-refractivity contribution is -0.132. The van der Waals surface area contributed by atoms with Crippen molar-refractivity contribution in [1.29, 1.82) is 0 Å². The van der Waals surface area contributed by atoms with Crippen LogP contribution in [-0.2, 0) is 16.1 Å². The molecule has 5 heteroatoms. The van der Waals surface area contributed by atoms with E-state index in [-0.39, 0.29) is 18.6 Å². The quantitative estimate of drug-likeness (QED) is 0.853. The van der Waals surface area contributed by atoms with E-state index in [2.05, 4.69) is 0 Å². The van der Waals surface area contributed by atoms with Crippen LogP contribution in [0.3, 0.4) is 0 Å². The zero-order valence-corrected chi connectivity index (χ0v) is 11.2. The molecule has 1 atom stereocenters. The summed E-state index contributed by atoms with van der Waals surface area (Å²) >= 11 is 0. The van der Waals surface area contributed by atoms with Gasteiger partial charge in [0.1, 0.15) is 5.75 Å². The van der Waals surface area contributed by atoms with Gasteiger partial charge in [0, 0.05) is 32.3 Å². The van der Waals surface area contributed by atoms with Crippen LogP contribution in [0.1, 0.15) is 12.0 Å². The number of benzene rings is 1. The third-order valence-electron chi connectivity index (χ3n) is 3.37. The van der Waals surface area contributed by atoms with E-state index >= 15 is 0 Å². The summed E-state index contributed by atoms with van der Waals surface area (Å²) in [5.41, 5.74) is 6.53. The third-order valence-corrected chi connectivity index (χ3v) is 3.37. The number of rotatable bonds is 5. The second kappa shape index (κ2) is 6.54. The topological polar surface area (TPSA) is 64.8 Å². The summed E-state index contributed by atoms with van der Waals surface area (Å²) in [6.07, 6.45) is 1.04. The van der Waals surface area contributed by atoms with Crippen molar-refractivity contribution >= 4 is 5.91 Å². The van der Waals surface area contributed by atoms with Gasteiger partial charge in [-0.15, -0.1) is 0 Å². The van der Waals surface area contributed by atoms with Gasteiger partial charge in [-0.25, -0.2) is 0 Å². The van der Waals surface area contributed by atoms with Crippen molar-refractivity contribution in [2.75, 3.05) is 26.8 Å². The Morgan fingerprint density at radius 1 is 1.47 bits per heavy atom. The summed E-state index contributed by atoms with van der Waals surface area (Å²) in [4.78, 5) is 13.8. The van der Waals surface area contributed by atoms with Crippen molar-refractivity contribution in [2.45, 2.75) is 19.1 Å². The molecule has 104 valence electrons. The summed E-state index contributed by atoms with van der Waals surface area (Å²) in [7, 11) is 1.67. The number of methoxy groups -OCH3 is 1. The lowest BCUT2D eigenvalue weighted by atomic mass is 10.2. The summed E-state index contributed by atoms with van der Waals surface area (Å²) in [5, 5.41) is 0. The van der Waals surface area contributed by atoms with E-state index < -0.39 is 0 Å². The molecule has 1 aromatic carbocycles. The Morgan fingerprint density at radius 3 is 2.95 bits per heavy atom. The van der Waals surface area contributed by atoms with Gasteiger partial charge in [0.15, 0.2) is 6.61 Å². The van der Waals surface area contributed by atoms with Crippen molar-refractivity contribution in [3.8, 4) is 5.75 Å². The predicted octanol–water partition coefficient (Wildman–Crippen LogP) is 0.771. The number of hydrogen-bond acceptors (Lipinski definition) is 4. The first-order valence-corrected chi connectivity index (χ1v) is 6.46. The van der Waals surface area contributed by atoms with E-state index in [1.54, 1.807) is 12.0 Å². The Kier molecular flexibility index (Phi) is 4.76. The number of likely N-dealkylation sites (tertiary alicyclic amines) is 1. The summed E-state index contributed by atoms with van der Waals surface area (Å²) in [6.45, 7) is 1.84. The monoisotopic (exact) mass is 264 g/mol. The van der Waals surface area contributed by atoms with Crippen LogP contribution in [-0.4, -0.2) is 43.7 Å². The highest BCUT2D eigenvalue weighted by atomic mass is 16.5. The number of carbonyl (C=O) groups excluding carboxylic acids is 1. The molecule has 1 aromatic rings. The summed E-state index contributed by atoms with van der Waals surface area (Å²) < 4.78 is 10.8. The number of para-hydroxylation sites is 1. The van der Waals surface area contributed by atoms with Crippen molar-refractivity contribution in [3.05, 3.63) is 29.8 Å². The molecule has 1 saturated heterocycles. The maximum absolute atomic E-state index is 12.0. The molecule has 0 radical (unpaired) electrons. The maximum Gasteiger partial charge on any atom is 0.260 e. The zero-order valence-electron chi connectivity index (χ0n) is 11.2. The fourth-order valence-corrected chi connectivity index (χ4v) is 2.19. The van der Waals surface area contributed by atoms with Crippen molar-refractivity contribution in [3.63, 3.8) is 0 Å². The first kappa shape index (κ1) is 13.8. The Labute approximate surface area is 113 Å². The van der Waals surface area contributed by atoms with Crippen LogP contribution in [0.25, 0.3) is 0 Å². The Morgan fingerprint density at radius 2 is 2.26 bits per heavy atom. The van der Waals surface area contributed by atoms with Crippen LogP contribution >= 0.6 is 0 Å². The molecule has 1 aliphatic rings. The molecule has 1 amide bonds. The SMILES string of the molecule is COC1CCN(C(=O)COc2ccccc2CN)C1. The molecule has 0 bridgehead atoms. The first-order valence-electron chi connectivity index (χ1n) is 6.46. The predicted molar refractivity (Wildman–Crippen MR) is 71.8 cm³/mol. The molecule has 1 unspecified atom stereocenters. The van der Waals surface area contributed by atoms with Crippen LogP contribution in [0.5, 0.6) is 5.75 Å². The molecule has 1 fully saturated rings. The Hall–Kier alpha value is -1.59. The smallest absolute Gasteiger partial charge is 0.260 e. The van der Waals surface area contributed by atoms with Crippen molar-refractivity contribution in [1.82, 2.24) is 4.90 Å². The number of hydrogen-bond donors (Lipinski definition) is 1. The fraction of sp³-hybridized carbons (Fsp3) is 0.500. The van der Waals surface area contributed by atoms with Crippen LogP contribution in [0.4, 0.5) is 0 Å². The number of nitrogens with zero attached hydrogens (tertiary/aromatic N) is 1. The van der Waals surface area contributed by atoms with Gasteiger partial charge in [-0.05, 0) is 12.5 Å². The standard InChI is InChI=1S/C14H20N2O3/c1-18-12-6-7-16(9-12)14(17)10-19-13-5-3-2-4-11(13)8-15/h2-5,12H,6-10,15H2,1H3. The van der Waals surface area contributed by atoms with Gasteiger partial charge in [0.2, 0.25) is 0 Å². The molecule has 0 aromatic heterocycles. The zero-order chi connectivity index (χ0) is 13.7. The van der Waals surface area contributed by atoms with E-state index in [9.17, 15) is 4.79 Å². The molecule has 0 saturated carbocycles. The number of amides is 1. The van der Waals surface area contributed by atoms with Crippen molar-refractivity contribution in [2.24, 2.45) is 5.73 Å². The third kappa shape index (κ3) is 3.45. The normalized spacial score (nSPS) is 18.6. The van der Waals surface area contributed by atoms with Crippen molar-refractivity contribution < 1.29 is 14.3 Å². The lowest BCUT2D eigenvalue weighted by Gasteiger charge is -2.17. The number of carbonyl (C=O) groups is 1.